The fourth-order valence-electron chi connectivity index (χ4n) is 4.33. The minimum absolute atomic E-state index is 0.128. The average molecular weight is 492 g/mol. The Hall–Kier alpha value is -2.11. The van der Waals surface area contributed by atoms with Gasteiger partial charge in [-0.1, -0.05) is 90.5 Å². The van der Waals surface area contributed by atoms with Crippen molar-refractivity contribution in [3.05, 3.63) is 24.3 Å². The second-order valence-corrected chi connectivity index (χ2v) is 10.1. The molecular weight excluding hydrogens is 442 g/mol. The molecule has 1 amide bonds. The standard InChI is InChI=1S/C29H49NO5/c1-5-7-9-11-12-13-14-15-16-18-24(28(32)35-27(30-22-31)20-23(3)4)21-26-25(29(33)34-26)19-17-10-8-6-2/h12-13,15-16,22-27H,5-11,14,17-21H2,1-4H3,(H,30,31). The van der Waals surface area contributed by atoms with E-state index in [1.54, 1.807) is 0 Å². The maximum atomic E-state index is 13.1. The van der Waals surface area contributed by atoms with Crippen molar-refractivity contribution in [2.45, 2.75) is 123 Å². The molecule has 35 heavy (non-hydrogen) atoms. The fraction of sp³-hybridized carbons (Fsp3) is 0.759. The highest BCUT2D eigenvalue weighted by Gasteiger charge is 2.43. The molecule has 1 saturated heterocycles. The Morgan fingerprint density at radius 3 is 2.40 bits per heavy atom. The molecule has 0 aromatic carbocycles. The van der Waals surface area contributed by atoms with Crippen LogP contribution in [-0.2, 0) is 23.9 Å². The normalized spacial score (nSPS) is 19.5. The van der Waals surface area contributed by atoms with E-state index in [4.69, 9.17) is 9.47 Å². The van der Waals surface area contributed by atoms with E-state index < -0.39 is 12.1 Å². The molecule has 1 fully saturated rings. The minimum Gasteiger partial charge on any atom is -0.461 e. The van der Waals surface area contributed by atoms with Crippen LogP contribution in [-0.4, -0.2) is 30.7 Å². The molecule has 0 saturated carbocycles. The van der Waals surface area contributed by atoms with Gasteiger partial charge in [0, 0.05) is 6.42 Å². The van der Waals surface area contributed by atoms with Crippen LogP contribution in [0.3, 0.4) is 0 Å². The first kappa shape index (κ1) is 30.9. The summed E-state index contributed by atoms with van der Waals surface area (Å²) in [6.07, 6.45) is 20.5. The number of esters is 2. The molecule has 0 spiro atoms. The molecule has 1 heterocycles. The van der Waals surface area contributed by atoms with Crippen molar-refractivity contribution in [3.8, 4) is 0 Å². The molecule has 1 aliphatic rings. The molecule has 4 atom stereocenters. The third-order valence-corrected chi connectivity index (χ3v) is 6.44. The maximum Gasteiger partial charge on any atom is 0.313 e. The number of nitrogens with one attached hydrogen (secondary N) is 1. The van der Waals surface area contributed by atoms with Crippen LogP contribution in [0.5, 0.6) is 0 Å². The van der Waals surface area contributed by atoms with Crippen molar-refractivity contribution in [1.29, 1.82) is 0 Å². The van der Waals surface area contributed by atoms with Crippen molar-refractivity contribution in [2.75, 3.05) is 0 Å². The van der Waals surface area contributed by atoms with Crippen LogP contribution in [0.4, 0.5) is 0 Å². The molecule has 200 valence electrons. The Labute approximate surface area is 213 Å². The third kappa shape index (κ3) is 13.5. The van der Waals surface area contributed by atoms with Gasteiger partial charge in [0.05, 0.1) is 11.8 Å². The van der Waals surface area contributed by atoms with Crippen molar-refractivity contribution >= 4 is 18.3 Å². The Balaban J connectivity index is 2.71. The SMILES string of the molecule is CCCCCC=CCC=CCC(CC1OC(=O)C1CCCCCC)C(=O)OC(CC(C)C)NC=O. The van der Waals surface area contributed by atoms with Gasteiger partial charge in [-0.2, -0.15) is 0 Å². The monoisotopic (exact) mass is 491 g/mol. The second-order valence-electron chi connectivity index (χ2n) is 10.1. The quantitative estimate of drug-likeness (QED) is 0.0640. The Kier molecular flexibility index (Phi) is 16.9. The first-order valence-electron chi connectivity index (χ1n) is 13.8. The highest BCUT2D eigenvalue weighted by Crippen LogP contribution is 2.33. The highest BCUT2D eigenvalue weighted by molar-refractivity contribution is 5.79. The fourth-order valence-corrected chi connectivity index (χ4v) is 4.33. The number of unbranched alkanes of at least 4 members (excludes halogenated alkanes) is 6. The molecule has 4 unspecified atom stereocenters. The summed E-state index contributed by atoms with van der Waals surface area (Å²) in [6, 6.07) is 0. The molecule has 0 radical (unpaired) electrons. The van der Waals surface area contributed by atoms with Crippen LogP contribution in [0, 0.1) is 17.8 Å². The molecule has 0 aromatic rings. The number of carbonyl (C=O) groups excluding carboxylic acids is 3. The van der Waals surface area contributed by atoms with Crippen LogP contribution in [0.2, 0.25) is 0 Å². The molecule has 1 N–H and O–H groups in total. The van der Waals surface area contributed by atoms with Crippen LogP contribution in [0.15, 0.2) is 24.3 Å². The lowest BCUT2D eigenvalue weighted by molar-refractivity contribution is -0.189. The summed E-state index contributed by atoms with van der Waals surface area (Å²) in [7, 11) is 0. The van der Waals surface area contributed by atoms with Crippen molar-refractivity contribution in [3.63, 3.8) is 0 Å². The van der Waals surface area contributed by atoms with E-state index >= 15 is 0 Å². The zero-order valence-electron chi connectivity index (χ0n) is 22.5. The zero-order valence-corrected chi connectivity index (χ0v) is 22.5. The highest BCUT2D eigenvalue weighted by atomic mass is 16.6. The number of hydrogen-bond acceptors (Lipinski definition) is 5. The van der Waals surface area contributed by atoms with Crippen LogP contribution >= 0.6 is 0 Å². The molecule has 6 heteroatoms. The number of hydrogen-bond donors (Lipinski definition) is 1. The summed E-state index contributed by atoms with van der Waals surface area (Å²) >= 11 is 0. The number of rotatable bonds is 21. The smallest absolute Gasteiger partial charge is 0.313 e. The number of cyclic esters (lactones) is 1. The molecule has 0 aromatic heterocycles. The second kappa shape index (κ2) is 19.1. The lowest BCUT2D eigenvalue weighted by Crippen LogP contribution is -2.47. The first-order chi connectivity index (χ1) is 16.9. The predicted molar refractivity (Wildman–Crippen MR) is 140 cm³/mol. The van der Waals surface area contributed by atoms with E-state index in [-0.39, 0.29) is 29.9 Å². The maximum absolute atomic E-state index is 13.1. The van der Waals surface area contributed by atoms with E-state index in [1.807, 2.05) is 19.9 Å². The van der Waals surface area contributed by atoms with Crippen molar-refractivity contribution in [1.82, 2.24) is 5.32 Å². The number of carbonyl (C=O) groups is 3. The number of ether oxygens (including phenoxy) is 2. The molecule has 1 aliphatic heterocycles. The van der Waals surface area contributed by atoms with Gasteiger partial charge < -0.3 is 14.8 Å². The van der Waals surface area contributed by atoms with Crippen molar-refractivity contribution < 1.29 is 23.9 Å². The van der Waals surface area contributed by atoms with Gasteiger partial charge in [0.25, 0.3) is 0 Å². The molecule has 1 rings (SSSR count). The van der Waals surface area contributed by atoms with E-state index in [9.17, 15) is 14.4 Å². The zero-order chi connectivity index (χ0) is 25.9. The van der Waals surface area contributed by atoms with Gasteiger partial charge >= 0.3 is 11.9 Å². The summed E-state index contributed by atoms with van der Waals surface area (Å²) in [6.45, 7) is 8.39. The molecular formula is C29H49NO5. The Morgan fingerprint density at radius 1 is 1.03 bits per heavy atom. The molecule has 6 nitrogen and oxygen atoms in total. The third-order valence-electron chi connectivity index (χ3n) is 6.44. The number of amides is 1. The molecule has 0 bridgehead atoms. The van der Waals surface area contributed by atoms with Gasteiger partial charge in [-0.25, -0.2) is 0 Å². The first-order valence-corrected chi connectivity index (χ1v) is 13.8. The van der Waals surface area contributed by atoms with E-state index in [0.717, 1.165) is 38.5 Å². The van der Waals surface area contributed by atoms with Crippen LogP contribution < -0.4 is 5.32 Å². The van der Waals surface area contributed by atoms with Gasteiger partial charge in [0.1, 0.15) is 6.10 Å². The summed E-state index contributed by atoms with van der Waals surface area (Å²) in [5.41, 5.74) is 0. The predicted octanol–water partition coefficient (Wildman–Crippen LogP) is 6.64. The van der Waals surface area contributed by atoms with Gasteiger partial charge in [-0.15, -0.1) is 0 Å². The van der Waals surface area contributed by atoms with Crippen LogP contribution in [0.25, 0.3) is 0 Å². The lowest BCUT2D eigenvalue weighted by atomic mass is 9.84. The van der Waals surface area contributed by atoms with Gasteiger partial charge in [-0.3, -0.25) is 14.4 Å². The summed E-state index contributed by atoms with van der Waals surface area (Å²) in [5, 5.41) is 2.61. The van der Waals surface area contributed by atoms with Gasteiger partial charge in [-0.05, 0) is 44.4 Å². The largest absolute Gasteiger partial charge is 0.461 e. The topological polar surface area (TPSA) is 81.7 Å². The summed E-state index contributed by atoms with van der Waals surface area (Å²) in [5.74, 6) is -0.779. The van der Waals surface area contributed by atoms with E-state index in [1.165, 1.54) is 25.7 Å². The van der Waals surface area contributed by atoms with E-state index in [0.29, 0.717) is 25.7 Å². The minimum atomic E-state index is -0.647. The molecule has 0 aliphatic carbocycles. The van der Waals surface area contributed by atoms with Gasteiger partial charge in [0.2, 0.25) is 6.41 Å². The van der Waals surface area contributed by atoms with Gasteiger partial charge in [0.15, 0.2) is 6.23 Å². The lowest BCUT2D eigenvalue weighted by Gasteiger charge is -2.37. The van der Waals surface area contributed by atoms with Crippen molar-refractivity contribution in [2.24, 2.45) is 17.8 Å². The van der Waals surface area contributed by atoms with Crippen LogP contribution in [0.1, 0.15) is 111 Å². The average Bonchev–Trinajstić information content (AvgIpc) is 2.81. The summed E-state index contributed by atoms with van der Waals surface area (Å²) < 4.78 is 11.1. The van der Waals surface area contributed by atoms with E-state index in [2.05, 4.69) is 37.4 Å². The Morgan fingerprint density at radius 2 is 1.74 bits per heavy atom. The number of allylic oxidation sites excluding steroid dienone is 4. The summed E-state index contributed by atoms with van der Waals surface area (Å²) in [4.78, 5) is 36.1. The Bertz CT molecular complexity index is 657.